The first-order valence-corrected chi connectivity index (χ1v) is 9.06. The van der Waals surface area contributed by atoms with Gasteiger partial charge in [0.2, 0.25) is 0 Å². The third-order valence-corrected chi connectivity index (χ3v) is 6.22. The maximum Gasteiger partial charge on any atom is 0.180 e. The van der Waals surface area contributed by atoms with Gasteiger partial charge in [0.25, 0.3) is 0 Å². The fourth-order valence-electron chi connectivity index (χ4n) is 3.31. The Morgan fingerprint density at radius 1 is 1.20 bits per heavy atom. The Morgan fingerprint density at radius 2 is 1.95 bits per heavy atom. The zero-order chi connectivity index (χ0) is 14.2. The molecule has 1 aromatic rings. The molecule has 1 aromatic carbocycles. The van der Waals surface area contributed by atoms with Crippen LogP contribution in [-0.4, -0.2) is 25.9 Å². The van der Waals surface area contributed by atoms with E-state index < -0.39 is 9.84 Å². The summed E-state index contributed by atoms with van der Waals surface area (Å²) in [5, 5.41) is 0. The molecule has 0 saturated heterocycles. The van der Waals surface area contributed by atoms with E-state index in [0.29, 0.717) is 10.8 Å². The standard InChI is InChI=1S/C16H21NO2S/c1-12-6-8-15(9-7-12)20(18,19)11-14-10-13-4-2-3-5-16(13)17-14/h6-9,13-14H,2-5,10-11H2,1H3. The van der Waals surface area contributed by atoms with Gasteiger partial charge in [0.15, 0.2) is 9.84 Å². The molecule has 3 nitrogen and oxygen atoms in total. The lowest BCUT2D eigenvalue weighted by Crippen LogP contribution is -2.19. The maximum absolute atomic E-state index is 12.4. The van der Waals surface area contributed by atoms with Gasteiger partial charge in [0.05, 0.1) is 16.7 Å². The molecule has 3 rings (SSSR count). The molecule has 0 amide bonds. The van der Waals surface area contributed by atoms with Crippen LogP contribution in [0, 0.1) is 12.8 Å². The first kappa shape index (κ1) is 13.8. The van der Waals surface area contributed by atoms with Crippen LogP contribution in [-0.2, 0) is 9.84 Å². The van der Waals surface area contributed by atoms with Gasteiger partial charge in [-0.25, -0.2) is 8.42 Å². The van der Waals surface area contributed by atoms with E-state index in [0.717, 1.165) is 18.4 Å². The average molecular weight is 291 g/mol. The van der Waals surface area contributed by atoms with Crippen LogP contribution in [0.25, 0.3) is 0 Å². The lowest BCUT2D eigenvalue weighted by molar-refractivity contribution is 0.503. The van der Waals surface area contributed by atoms with Crippen molar-refractivity contribution in [3.8, 4) is 0 Å². The number of hydrogen-bond acceptors (Lipinski definition) is 3. The summed E-state index contributed by atoms with van der Waals surface area (Å²) in [5.41, 5.74) is 2.36. The Labute approximate surface area is 121 Å². The molecule has 0 radical (unpaired) electrons. The van der Waals surface area contributed by atoms with Crippen molar-refractivity contribution in [3.63, 3.8) is 0 Å². The third-order valence-electron chi connectivity index (χ3n) is 4.40. The molecule has 2 atom stereocenters. The van der Waals surface area contributed by atoms with Crippen LogP contribution in [0.1, 0.15) is 37.7 Å². The average Bonchev–Trinajstić information content (AvgIpc) is 2.80. The second-order valence-electron chi connectivity index (χ2n) is 6.05. The van der Waals surface area contributed by atoms with E-state index in [-0.39, 0.29) is 11.8 Å². The van der Waals surface area contributed by atoms with Crippen LogP contribution in [0.4, 0.5) is 0 Å². The second kappa shape index (κ2) is 5.32. The molecular weight excluding hydrogens is 270 g/mol. The normalized spacial score (nSPS) is 26.1. The summed E-state index contributed by atoms with van der Waals surface area (Å²) in [6, 6.07) is 7.10. The van der Waals surface area contributed by atoms with Gasteiger partial charge in [-0.05, 0) is 50.7 Å². The smallest absolute Gasteiger partial charge is 0.180 e. The number of nitrogens with zero attached hydrogens (tertiary/aromatic N) is 1. The molecule has 1 fully saturated rings. The minimum Gasteiger partial charge on any atom is -0.289 e. The van der Waals surface area contributed by atoms with E-state index in [4.69, 9.17) is 0 Å². The number of sulfone groups is 1. The molecule has 1 heterocycles. The summed E-state index contributed by atoms with van der Waals surface area (Å²) in [7, 11) is -3.21. The molecule has 2 aliphatic rings. The van der Waals surface area contributed by atoms with E-state index in [1.165, 1.54) is 25.0 Å². The van der Waals surface area contributed by atoms with Crippen LogP contribution in [0.15, 0.2) is 34.2 Å². The van der Waals surface area contributed by atoms with E-state index in [1.807, 2.05) is 19.1 Å². The van der Waals surface area contributed by atoms with E-state index in [2.05, 4.69) is 4.99 Å². The first-order chi connectivity index (χ1) is 9.54. The number of benzene rings is 1. The van der Waals surface area contributed by atoms with Gasteiger partial charge in [-0.3, -0.25) is 4.99 Å². The highest BCUT2D eigenvalue weighted by atomic mass is 32.2. The van der Waals surface area contributed by atoms with Gasteiger partial charge in [-0.1, -0.05) is 24.1 Å². The quantitative estimate of drug-likeness (QED) is 0.858. The molecule has 0 spiro atoms. The monoisotopic (exact) mass is 291 g/mol. The van der Waals surface area contributed by atoms with E-state index in [1.54, 1.807) is 12.1 Å². The number of aliphatic imine (C=N–C) groups is 1. The molecule has 0 N–H and O–H groups in total. The van der Waals surface area contributed by atoms with Gasteiger partial charge in [0, 0.05) is 5.71 Å². The van der Waals surface area contributed by atoms with Crippen LogP contribution in [0.3, 0.4) is 0 Å². The lowest BCUT2D eigenvalue weighted by atomic mass is 9.86. The molecule has 2 unspecified atom stereocenters. The summed E-state index contributed by atoms with van der Waals surface area (Å²) in [5.74, 6) is 0.720. The Balaban J connectivity index is 1.74. The molecule has 0 aromatic heterocycles. The minimum atomic E-state index is -3.21. The Morgan fingerprint density at radius 3 is 2.65 bits per heavy atom. The summed E-state index contributed by atoms with van der Waals surface area (Å²) in [6.45, 7) is 1.96. The molecule has 108 valence electrons. The molecule has 1 saturated carbocycles. The molecule has 4 heteroatoms. The summed E-state index contributed by atoms with van der Waals surface area (Å²) < 4.78 is 24.9. The Hall–Kier alpha value is -1.16. The molecular formula is C16H21NO2S. The maximum atomic E-state index is 12.4. The highest BCUT2D eigenvalue weighted by molar-refractivity contribution is 7.91. The lowest BCUT2D eigenvalue weighted by Gasteiger charge is -2.18. The van der Waals surface area contributed by atoms with E-state index >= 15 is 0 Å². The highest BCUT2D eigenvalue weighted by Gasteiger charge is 2.32. The van der Waals surface area contributed by atoms with Gasteiger partial charge in [-0.15, -0.1) is 0 Å². The molecule has 1 aliphatic carbocycles. The van der Waals surface area contributed by atoms with Crippen molar-refractivity contribution in [2.75, 3.05) is 5.75 Å². The zero-order valence-electron chi connectivity index (χ0n) is 11.9. The predicted octanol–water partition coefficient (Wildman–Crippen LogP) is 3.17. The summed E-state index contributed by atoms with van der Waals surface area (Å²) in [4.78, 5) is 5.10. The van der Waals surface area contributed by atoms with Crippen molar-refractivity contribution in [1.82, 2.24) is 0 Å². The van der Waals surface area contributed by atoms with Crippen molar-refractivity contribution in [2.24, 2.45) is 10.9 Å². The fourth-order valence-corrected chi connectivity index (χ4v) is 4.77. The second-order valence-corrected chi connectivity index (χ2v) is 8.08. The largest absolute Gasteiger partial charge is 0.289 e. The van der Waals surface area contributed by atoms with E-state index in [9.17, 15) is 8.42 Å². The number of rotatable bonds is 3. The van der Waals surface area contributed by atoms with Crippen molar-refractivity contribution >= 4 is 15.5 Å². The number of fused-ring (bicyclic) bond motifs is 1. The summed E-state index contributed by atoms with van der Waals surface area (Å²) in [6.07, 6.45) is 5.68. The van der Waals surface area contributed by atoms with Crippen LogP contribution >= 0.6 is 0 Å². The molecule has 20 heavy (non-hydrogen) atoms. The van der Waals surface area contributed by atoms with Crippen LogP contribution < -0.4 is 0 Å². The zero-order valence-corrected chi connectivity index (χ0v) is 12.7. The number of hydrogen-bond donors (Lipinski definition) is 0. The Kier molecular flexibility index (Phi) is 3.67. The molecule has 1 aliphatic heterocycles. The van der Waals surface area contributed by atoms with Crippen molar-refractivity contribution in [2.45, 2.75) is 50.0 Å². The minimum absolute atomic E-state index is 0.0283. The SMILES string of the molecule is Cc1ccc(S(=O)(=O)CC2CC3CCCCC3=N2)cc1. The van der Waals surface area contributed by atoms with Crippen molar-refractivity contribution in [1.29, 1.82) is 0 Å². The van der Waals surface area contributed by atoms with Gasteiger partial charge in [0.1, 0.15) is 0 Å². The third kappa shape index (κ3) is 2.80. The van der Waals surface area contributed by atoms with Gasteiger partial charge in [-0.2, -0.15) is 0 Å². The Bertz CT molecular complexity index is 616. The van der Waals surface area contributed by atoms with Gasteiger partial charge < -0.3 is 0 Å². The van der Waals surface area contributed by atoms with Crippen LogP contribution in [0.5, 0.6) is 0 Å². The number of aryl methyl sites for hydroxylation is 1. The molecule has 0 bridgehead atoms. The predicted molar refractivity (Wildman–Crippen MR) is 81.0 cm³/mol. The first-order valence-electron chi connectivity index (χ1n) is 7.40. The van der Waals surface area contributed by atoms with Crippen molar-refractivity contribution in [3.05, 3.63) is 29.8 Å². The summed E-state index contributed by atoms with van der Waals surface area (Å²) >= 11 is 0. The van der Waals surface area contributed by atoms with Crippen LogP contribution in [0.2, 0.25) is 0 Å². The topological polar surface area (TPSA) is 46.5 Å². The fraction of sp³-hybridized carbons (Fsp3) is 0.562. The van der Waals surface area contributed by atoms with Crippen molar-refractivity contribution < 1.29 is 8.42 Å². The van der Waals surface area contributed by atoms with Gasteiger partial charge >= 0.3 is 0 Å². The highest BCUT2D eigenvalue weighted by Crippen LogP contribution is 2.33.